The van der Waals surface area contributed by atoms with Gasteiger partial charge in [0, 0.05) is 11.8 Å². The number of hydrogen-bond donors (Lipinski definition) is 2. The monoisotopic (exact) mass is 369 g/mol. The second kappa shape index (κ2) is 7.40. The molecule has 0 bridgehead atoms. The zero-order valence-corrected chi connectivity index (χ0v) is 15.3. The van der Waals surface area contributed by atoms with E-state index >= 15 is 0 Å². The summed E-state index contributed by atoms with van der Waals surface area (Å²) in [5.41, 5.74) is 3.91. The summed E-state index contributed by atoms with van der Waals surface area (Å²) >= 11 is 0. The normalized spacial score (nSPS) is 11.2. The van der Waals surface area contributed by atoms with Gasteiger partial charge in [-0.15, -0.1) is 0 Å². The summed E-state index contributed by atoms with van der Waals surface area (Å²) in [7, 11) is 0. The van der Waals surface area contributed by atoms with Crippen molar-refractivity contribution < 1.29 is 5.11 Å². The molecule has 0 aliphatic carbocycles. The summed E-state index contributed by atoms with van der Waals surface area (Å²) in [6.07, 6.45) is 1.51. The van der Waals surface area contributed by atoms with Gasteiger partial charge in [0.25, 0.3) is 5.56 Å². The lowest BCUT2D eigenvalue weighted by Crippen LogP contribution is -2.17. The van der Waals surface area contributed by atoms with E-state index < -0.39 is 0 Å². The van der Waals surface area contributed by atoms with Gasteiger partial charge in [0.2, 0.25) is 0 Å². The molecule has 28 heavy (non-hydrogen) atoms. The van der Waals surface area contributed by atoms with Crippen LogP contribution in [0, 0.1) is 6.92 Å². The molecule has 0 unspecified atom stereocenters. The van der Waals surface area contributed by atoms with Crippen molar-refractivity contribution in [1.29, 1.82) is 0 Å². The van der Waals surface area contributed by atoms with Gasteiger partial charge in [-0.05, 0) is 36.8 Å². The minimum atomic E-state index is -0.207. The number of aromatic amines is 1. The predicted octanol–water partition coefficient (Wildman–Crippen LogP) is 4.60. The van der Waals surface area contributed by atoms with Crippen molar-refractivity contribution in [2.75, 3.05) is 0 Å². The first-order valence-corrected chi connectivity index (χ1v) is 8.93. The number of benzene rings is 3. The van der Waals surface area contributed by atoms with E-state index in [0.29, 0.717) is 16.9 Å². The largest absolute Gasteiger partial charge is 0.506 e. The Balaban J connectivity index is 1.88. The number of nitrogens with one attached hydrogen (secondary N) is 1. The fraction of sp³-hybridized carbons (Fsp3) is 0.0435. The lowest BCUT2D eigenvalue weighted by atomic mass is 10.1. The molecule has 5 nitrogen and oxygen atoms in total. The lowest BCUT2D eigenvalue weighted by Gasteiger charge is -2.02. The van der Waals surface area contributed by atoms with Crippen LogP contribution in [0.5, 0.6) is 5.75 Å². The number of aromatic hydroxyl groups is 1. The van der Waals surface area contributed by atoms with Gasteiger partial charge in [0.15, 0.2) is 0 Å². The second-order valence-electron chi connectivity index (χ2n) is 6.49. The van der Waals surface area contributed by atoms with Gasteiger partial charge in [-0.1, -0.05) is 54.6 Å². The van der Waals surface area contributed by atoms with Crippen molar-refractivity contribution in [3.63, 3.8) is 0 Å². The van der Waals surface area contributed by atoms with E-state index in [1.54, 1.807) is 12.1 Å². The Bertz CT molecular complexity index is 1190. The van der Waals surface area contributed by atoms with Crippen LogP contribution >= 0.6 is 0 Å². The van der Waals surface area contributed by atoms with Gasteiger partial charge in [-0.2, -0.15) is 0 Å². The number of phenolic OH excluding ortho intramolecular Hbond substituents is 1. The standard InChI is InChI=1S/C23H19N3O2/c1-16-12-13-21(27)20(14-16)24-15-19-22(17-8-4-2-5-9-17)25-26(23(19)28)18-10-6-3-7-11-18/h2-15,25,27H,1H3. The molecule has 1 heterocycles. The Morgan fingerprint density at radius 2 is 1.64 bits per heavy atom. The number of para-hydroxylation sites is 1. The van der Waals surface area contributed by atoms with Crippen LogP contribution in [0.2, 0.25) is 0 Å². The summed E-state index contributed by atoms with van der Waals surface area (Å²) in [5.74, 6) is 0.0713. The van der Waals surface area contributed by atoms with Gasteiger partial charge in [0.1, 0.15) is 11.4 Å². The maximum absolute atomic E-state index is 13.1. The maximum Gasteiger partial charge on any atom is 0.280 e. The second-order valence-corrected chi connectivity index (χ2v) is 6.49. The number of nitrogens with zero attached hydrogens (tertiary/aromatic N) is 2. The number of aromatic nitrogens is 2. The van der Waals surface area contributed by atoms with Crippen molar-refractivity contribution in [1.82, 2.24) is 9.78 Å². The Morgan fingerprint density at radius 1 is 0.964 bits per heavy atom. The van der Waals surface area contributed by atoms with E-state index in [0.717, 1.165) is 16.8 Å². The van der Waals surface area contributed by atoms with Crippen LogP contribution in [0.15, 0.2) is 88.6 Å². The molecule has 2 N–H and O–H groups in total. The molecule has 4 rings (SSSR count). The third-order valence-electron chi connectivity index (χ3n) is 4.47. The zero-order chi connectivity index (χ0) is 19.5. The average Bonchev–Trinajstić information content (AvgIpc) is 3.06. The molecule has 0 aliphatic heterocycles. The van der Waals surface area contributed by atoms with Gasteiger partial charge in [-0.25, -0.2) is 4.68 Å². The van der Waals surface area contributed by atoms with E-state index in [4.69, 9.17) is 0 Å². The number of rotatable bonds is 4. The molecule has 0 radical (unpaired) electrons. The molecule has 138 valence electrons. The van der Waals surface area contributed by atoms with E-state index in [9.17, 15) is 9.90 Å². The Hall–Kier alpha value is -3.86. The van der Waals surface area contributed by atoms with Gasteiger partial charge < -0.3 is 5.11 Å². The van der Waals surface area contributed by atoms with Crippen molar-refractivity contribution in [2.45, 2.75) is 6.92 Å². The Morgan fingerprint density at radius 3 is 2.36 bits per heavy atom. The molecule has 0 atom stereocenters. The highest BCUT2D eigenvalue weighted by Crippen LogP contribution is 2.27. The number of aryl methyl sites for hydroxylation is 1. The first-order valence-electron chi connectivity index (χ1n) is 8.93. The molecule has 4 aromatic rings. The average molecular weight is 369 g/mol. The molecule has 0 saturated heterocycles. The van der Waals surface area contributed by atoms with Crippen LogP contribution in [-0.2, 0) is 0 Å². The van der Waals surface area contributed by atoms with Crippen molar-refractivity contribution in [3.05, 3.63) is 100 Å². The van der Waals surface area contributed by atoms with Crippen molar-refractivity contribution in [3.8, 4) is 22.7 Å². The molecule has 0 fully saturated rings. The van der Waals surface area contributed by atoms with Crippen LogP contribution in [0.25, 0.3) is 16.9 Å². The molecular weight excluding hydrogens is 350 g/mol. The maximum atomic E-state index is 13.1. The van der Waals surface area contributed by atoms with Crippen LogP contribution in [-0.4, -0.2) is 21.1 Å². The molecule has 5 heteroatoms. The number of hydrogen-bond acceptors (Lipinski definition) is 3. The van der Waals surface area contributed by atoms with Gasteiger partial charge in [-0.3, -0.25) is 14.9 Å². The van der Waals surface area contributed by atoms with Crippen LogP contribution in [0.4, 0.5) is 5.69 Å². The Kier molecular flexibility index (Phi) is 4.64. The SMILES string of the molecule is Cc1ccc(O)c(N=Cc2c(-c3ccccc3)[nH]n(-c3ccccc3)c2=O)c1. The molecule has 1 aromatic heterocycles. The highest BCUT2D eigenvalue weighted by molar-refractivity contribution is 5.90. The van der Waals surface area contributed by atoms with E-state index in [1.807, 2.05) is 73.7 Å². The van der Waals surface area contributed by atoms with Crippen LogP contribution in [0.1, 0.15) is 11.1 Å². The summed E-state index contributed by atoms with van der Waals surface area (Å²) in [4.78, 5) is 17.5. The van der Waals surface area contributed by atoms with Gasteiger partial charge >= 0.3 is 0 Å². The molecule has 0 amide bonds. The van der Waals surface area contributed by atoms with E-state index in [1.165, 1.54) is 10.9 Å². The topological polar surface area (TPSA) is 70.4 Å². The third-order valence-corrected chi connectivity index (χ3v) is 4.47. The van der Waals surface area contributed by atoms with Crippen LogP contribution < -0.4 is 5.56 Å². The minimum Gasteiger partial charge on any atom is -0.506 e. The highest BCUT2D eigenvalue weighted by atomic mass is 16.3. The number of aliphatic imine (C=N–C) groups is 1. The van der Waals surface area contributed by atoms with Gasteiger partial charge in [0.05, 0.1) is 16.9 Å². The quantitative estimate of drug-likeness (QED) is 0.516. The summed E-state index contributed by atoms with van der Waals surface area (Å²) < 4.78 is 1.50. The van der Waals surface area contributed by atoms with Crippen molar-refractivity contribution in [2.24, 2.45) is 4.99 Å². The molecule has 0 saturated carbocycles. The first kappa shape index (κ1) is 17.5. The minimum absolute atomic E-state index is 0.0713. The molecule has 0 spiro atoms. The highest BCUT2D eigenvalue weighted by Gasteiger charge is 2.15. The van der Waals surface area contributed by atoms with Crippen LogP contribution in [0.3, 0.4) is 0 Å². The Labute approximate surface area is 162 Å². The fourth-order valence-corrected chi connectivity index (χ4v) is 3.02. The van der Waals surface area contributed by atoms with E-state index in [2.05, 4.69) is 10.1 Å². The lowest BCUT2D eigenvalue weighted by molar-refractivity contribution is 0.477. The number of phenols is 1. The molecule has 0 aliphatic rings. The smallest absolute Gasteiger partial charge is 0.280 e. The summed E-state index contributed by atoms with van der Waals surface area (Å²) in [6.45, 7) is 1.92. The predicted molar refractivity (Wildman–Crippen MR) is 112 cm³/mol. The summed E-state index contributed by atoms with van der Waals surface area (Å²) in [5, 5.41) is 13.2. The fourth-order valence-electron chi connectivity index (χ4n) is 3.02. The number of H-pyrrole nitrogens is 1. The summed E-state index contributed by atoms with van der Waals surface area (Å²) in [6, 6.07) is 24.2. The van der Waals surface area contributed by atoms with E-state index in [-0.39, 0.29) is 11.3 Å². The zero-order valence-electron chi connectivity index (χ0n) is 15.3. The molecule has 3 aromatic carbocycles. The first-order chi connectivity index (χ1) is 13.6. The molecular formula is C23H19N3O2. The van der Waals surface area contributed by atoms with Crippen molar-refractivity contribution >= 4 is 11.9 Å². The third kappa shape index (κ3) is 3.38.